The van der Waals surface area contributed by atoms with Crippen molar-refractivity contribution in [3.8, 4) is 12.3 Å². The SMILES string of the molecule is C#CCCN(CC(F)(F)F)C(=O)OC(C)(C)C. The average molecular weight is 251 g/mol. The predicted octanol–water partition coefficient (Wildman–Crippen LogP) is 2.81. The molecule has 0 aromatic heterocycles. The third-order valence-corrected chi connectivity index (χ3v) is 1.55. The molecule has 0 radical (unpaired) electrons. The number of carbonyl (C=O) groups is 1. The van der Waals surface area contributed by atoms with Crippen molar-refractivity contribution in [3.63, 3.8) is 0 Å². The van der Waals surface area contributed by atoms with Crippen LogP contribution in [0.4, 0.5) is 18.0 Å². The van der Waals surface area contributed by atoms with E-state index in [1.54, 1.807) is 20.8 Å². The quantitative estimate of drug-likeness (QED) is 0.722. The Labute approximate surface area is 98.9 Å². The molecule has 0 aliphatic rings. The van der Waals surface area contributed by atoms with Crippen LogP contribution in [0, 0.1) is 12.3 Å². The summed E-state index contributed by atoms with van der Waals surface area (Å²) in [5.74, 6) is 2.18. The Hall–Kier alpha value is -1.38. The van der Waals surface area contributed by atoms with Crippen LogP contribution >= 0.6 is 0 Å². The summed E-state index contributed by atoms with van der Waals surface area (Å²) in [4.78, 5) is 12.0. The molecule has 0 spiro atoms. The molecule has 17 heavy (non-hydrogen) atoms. The van der Waals surface area contributed by atoms with Gasteiger partial charge in [-0.15, -0.1) is 12.3 Å². The summed E-state index contributed by atoms with van der Waals surface area (Å²) in [5.41, 5.74) is -0.836. The first-order valence-electron chi connectivity index (χ1n) is 5.03. The summed E-state index contributed by atoms with van der Waals surface area (Å²) in [5, 5.41) is 0. The normalized spacial score (nSPS) is 11.8. The monoisotopic (exact) mass is 251 g/mol. The van der Waals surface area contributed by atoms with Crippen LogP contribution < -0.4 is 0 Å². The summed E-state index contributed by atoms with van der Waals surface area (Å²) < 4.78 is 41.5. The van der Waals surface area contributed by atoms with Gasteiger partial charge >= 0.3 is 12.3 Å². The number of ether oxygens (including phenoxy) is 1. The van der Waals surface area contributed by atoms with Gasteiger partial charge in [-0.3, -0.25) is 4.90 Å². The van der Waals surface area contributed by atoms with Gasteiger partial charge in [0.05, 0.1) is 0 Å². The molecular weight excluding hydrogens is 235 g/mol. The van der Waals surface area contributed by atoms with E-state index in [1.807, 2.05) is 0 Å². The number of carbonyl (C=O) groups excluding carboxylic acids is 1. The molecule has 6 heteroatoms. The van der Waals surface area contributed by atoms with Crippen molar-refractivity contribution in [3.05, 3.63) is 0 Å². The Kier molecular flexibility index (Phi) is 5.33. The largest absolute Gasteiger partial charge is 0.444 e. The van der Waals surface area contributed by atoms with Crippen LogP contribution in [-0.4, -0.2) is 35.9 Å². The standard InChI is InChI=1S/C11H16F3NO2/c1-5-6-7-15(8-11(12,13)14)9(16)17-10(2,3)4/h1H,6-8H2,2-4H3. The Morgan fingerprint density at radius 1 is 1.35 bits per heavy atom. The zero-order valence-corrected chi connectivity index (χ0v) is 10.1. The maximum atomic E-state index is 12.2. The van der Waals surface area contributed by atoms with Crippen molar-refractivity contribution in [1.82, 2.24) is 4.90 Å². The van der Waals surface area contributed by atoms with Gasteiger partial charge in [-0.1, -0.05) is 0 Å². The van der Waals surface area contributed by atoms with Gasteiger partial charge in [-0.25, -0.2) is 4.79 Å². The molecule has 0 heterocycles. The highest BCUT2D eigenvalue weighted by molar-refractivity contribution is 5.68. The lowest BCUT2D eigenvalue weighted by molar-refractivity contribution is -0.144. The summed E-state index contributed by atoms with van der Waals surface area (Å²) in [7, 11) is 0. The van der Waals surface area contributed by atoms with E-state index in [1.165, 1.54) is 0 Å². The molecule has 0 aliphatic heterocycles. The van der Waals surface area contributed by atoms with Crippen LogP contribution in [-0.2, 0) is 4.74 Å². The molecule has 0 saturated heterocycles. The fraction of sp³-hybridized carbons (Fsp3) is 0.727. The van der Waals surface area contributed by atoms with Gasteiger partial charge in [0, 0.05) is 13.0 Å². The van der Waals surface area contributed by atoms with Crippen LogP contribution in [0.2, 0.25) is 0 Å². The van der Waals surface area contributed by atoms with Crippen LogP contribution in [0.5, 0.6) is 0 Å². The lowest BCUT2D eigenvalue weighted by Gasteiger charge is -2.27. The second-order valence-corrected chi connectivity index (χ2v) is 4.47. The zero-order valence-electron chi connectivity index (χ0n) is 10.1. The van der Waals surface area contributed by atoms with Gasteiger partial charge in [-0.2, -0.15) is 13.2 Å². The van der Waals surface area contributed by atoms with Crippen molar-refractivity contribution < 1.29 is 22.7 Å². The molecule has 0 rings (SSSR count). The lowest BCUT2D eigenvalue weighted by atomic mass is 10.2. The molecule has 0 aromatic rings. The lowest BCUT2D eigenvalue weighted by Crippen LogP contribution is -2.42. The third kappa shape index (κ3) is 8.43. The van der Waals surface area contributed by atoms with E-state index < -0.39 is 24.4 Å². The highest BCUT2D eigenvalue weighted by atomic mass is 19.4. The predicted molar refractivity (Wildman–Crippen MR) is 57.3 cm³/mol. The van der Waals surface area contributed by atoms with E-state index in [0.717, 1.165) is 0 Å². The van der Waals surface area contributed by atoms with E-state index >= 15 is 0 Å². The van der Waals surface area contributed by atoms with Crippen LogP contribution in [0.1, 0.15) is 27.2 Å². The van der Waals surface area contributed by atoms with Crippen LogP contribution in [0.3, 0.4) is 0 Å². The molecule has 0 N–H and O–H groups in total. The van der Waals surface area contributed by atoms with Gasteiger partial charge in [0.25, 0.3) is 0 Å². The summed E-state index contributed by atoms with van der Waals surface area (Å²) in [6, 6.07) is 0. The summed E-state index contributed by atoms with van der Waals surface area (Å²) in [6.07, 6.45) is -0.467. The van der Waals surface area contributed by atoms with Crippen molar-refractivity contribution in [2.45, 2.75) is 39.0 Å². The number of amides is 1. The third-order valence-electron chi connectivity index (χ3n) is 1.55. The van der Waals surface area contributed by atoms with E-state index in [4.69, 9.17) is 11.2 Å². The number of alkyl halides is 3. The molecule has 0 aliphatic carbocycles. The molecule has 98 valence electrons. The maximum Gasteiger partial charge on any atom is 0.410 e. The zero-order chi connectivity index (χ0) is 13.7. The van der Waals surface area contributed by atoms with E-state index in [2.05, 4.69) is 5.92 Å². The van der Waals surface area contributed by atoms with E-state index in [-0.39, 0.29) is 13.0 Å². The highest BCUT2D eigenvalue weighted by Gasteiger charge is 2.34. The first-order chi connectivity index (χ1) is 7.55. The van der Waals surface area contributed by atoms with Crippen molar-refractivity contribution in [2.75, 3.05) is 13.1 Å². The molecule has 0 bridgehead atoms. The maximum absolute atomic E-state index is 12.2. The number of terminal acetylenes is 1. The Balaban J connectivity index is 4.58. The molecule has 0 fully saturated rings. The fourth-order valence-electron chi connectivity index (χ4n) is 0.977. The molecule has 0 saturated carbocycles. The van der Waals surface area contributed by atoms with Crippen molar-refractivity contribution in [2.24, 2.45) is 0 Å². The molecular formula is C11H16F3NO2. The number of rotatable bonds is 3. The minimum atomic E-state index is -4.47. The number of hydrogen-bond donors (Lipinski definition) is 0. The molecule has 0 atom stereocenters. The van der Waals surface area contributed by atoms with E-state index in [0.29, 0.717) is 4.90 Å². The first-order valence-corrected chi connectivity index (χ1v) is 5.03. The Bertz CT molecular complexity index is 299. The summed E-state index contributed by atoms with van der Waals surface area (Å²) >= 11 is 0. The Morgan fingerprint density at radius 2 is 1.88 bits per heavy atom. The first kappa shape index (κ1) is 15.6. The number of nitrogens with zero attached hydrogens (tertiary/aromatic N) is 1. The van der Waals surface area contributed by atoms with Gasteiger partial charge in [0.1, 0.15) is 12.1 Å². The Morgan fingerprint density at radius 3 is 2.24 bits per heavy atom. The van der Waals surface area contributed by atoms with Crippen molar-refractivity contribution in [1.29, 1.82) is 0 Å². The minimum Gasteiger partial charge on any atom is -0.444 e. The van der Waals surface area contributed by atoms with Crippen LogP contribution in [0.15, 0.2) is 0 Å². The summed E-state index contributed by atoms with van der Waals surface area (Å²) in [6.45, 7) is 3.21. The number of hydrogen-bond acceptors (Lipinski definition) is 2. The van der Waals surface area contributed by atoms with Gasteiger partial charge in [0.15, 0.2) is 0 Å². The smallest absolute Gasteiger partial charge is 0.410 e. The number of halogens is 3. The van der Waals surface area contributed by atoms with Crippen molar-refractivity contribution >= 4 is 6.09 Å². The van der Waals surface area contributed by atoms with Gasteiger partial charge < -0.3 is 4.74 Å². The molecule has 0 aromatic carbocycles. The molecule has 3 nitrogen and oxygen atoms in total. The minimum absolute atomic E-state index is 0.0509. The van der Waals surface area contributed by atoms with Gasteiger partial charge in [0.2, 0.25) is 0 Å². The molecule has 1 amide bonds. The highest BCUT2D eigenvalue weighted by Crippen LogP contribution is 2.18. The average Bonchev–Trinajstić information content (AvgIpc) is 2.07. The van der Waals surface area contributed by atoms with E-state index in [9.17, 15) is 18.0 Å². The second kappa shape index (κ2) is 5.80. The second-order valence-electron chi connectivity index (χ2n) is 4.47. The van der Waals surface area contributed by atoms with Crippen LogP contribution in [0.25, 0.3) is 0 Å². The fourth-order valence-corrected chi connectivity index (χ4v) is 0.977. The van der Waals surface area contributed by atoms with Gasteiger partial charge in [-0.05, 0) is 20.8 Å². The topological polar surface area (TPSA) is 29.5 Å². The molecule has 0 unspecified atom stereocenters.